The second-order valence-corrected chi connectivity index (χ2v) is 9.59. The second kappa shape index (κ2) is 9.56. The molecular formula is C25H25N3O5S. The Balaban J connectivity index is 1.60. The number of sulfonamides is 1. The van der Waals surface area contributed by atoms with E-state index < -0.39 is 15.9 Å². The average Bonchev–Trinajstić information content (AvgIpc) is 3.66. The molecule has 0 saturated heterocycles. The highest BCUT2D eigenvalue weighted by Crippen LogP contribution is 2.34. The summed E-state index contributed by atoms with van der Waals surface area (Å²) >= 11 is 0. The number of rotatable bonds is 9. The standard InChI is InChI=1S/C25H25N3O5S/c1-2-33-22-13-9-19(10-14-22)27-34(31,32)23-8-4-6-18(16-23)25(30)28(20-11-12-20)21-7-3-5-17(15-21)24(26)29/h3-10,13-16,20,27H,2,11-12H2,1H3,(H2,26,29). The molecule has 3 aromatic rings. The van der Waals surface area contributed by atoms with Crippen LogP contribution >= 0.6 is 0 Å². The van der Waals surface area contributed by atoms with Gasteiger partial charge in [-0.2, -0.15) is 0 Å². The molecule has 0 aliphatic heterocycles. The molecule has 0 unspecified atom stereocenters. The van der Waals surface area contributed by atoms with Crippen LogP contribution in [-0.2, 0) is 10.0 Å². The molecular weight excluding hydrogens is 454 g/mol. The Hall–Kier alpha value is -3.85. The fraction of sp³-hybridized carbons (Fsp3) is 0.200. The average molecular weight is 480 g/mol. The van der Waals surface area contributed by atoms with Crippen LogP contribution in [0.3, 0.4) is 0 Å². The first-order valence-electron chi connectivity index (χ1n) is 10.9. The summed E-state index contributed by atoms with van der Waals surface area (Å²) in [7, 11) is -3.93. The van der Waals surface area contributed by atoms with E-state index in [4.69, 9.17) is 10.5 Å². The first-order valence-corrected chi connectivity index (χ1v) is 12.4. The summed E-state index contributed by atoms with van der Waals surface area (Å²) in [5.41, 5.74) is 6.84. The molecule has 0 atom stereocenters. The Morgan fingerprint density at radius 2 is 1.68 bits per heavy atom. The number of hydrogen-bond acceptors (Lipinski definition) is 5. The van der Waals surface area contributed by atoms with E-state index in [9.17, 15) is 18.0 Å². The van der Waals surface area contributed by atoms with Crippen molar-refractivity contribution in [3.63, 3.8) is 0 Å². The second-order valence-electron chi connectivity index (χ2n) is 7.91. The molecule has 2 amide bonds. The number of primary amides is 1. The number of ether oxygens (including phenoxy) is 1. The van der Waals surface area contributed by atoms with Crippen molar-refractivity contribution in [1.82, 2.24) is 0 Å². The molecule has 1 saturated carbocycles. The lowest BCUT2D eigenvalue weighted by molar-refractivity contribution is 0.0979. The largest absolute Gasteiger partial charge is 0.494 e. The molecule has 0 heterocycles. The van der Waals surface area contributed by atoms with E-state index in [-0.39, 0.29) is 22.4 Å². The third-order valence-electron chi connectivity index (χ3n) is 5.35. The molecule has 4 rings (SSSR count). The molecule has 176 valence electrons. The van der Waals surface area contributed by atoms with Gasteiger partial charge in [-0.05, 0) is 80.4 Å². The quantitative estimate of drug-likeness (QED) is 0.484. The number of nitrogens with two attached hydrogens (primary N) is 1. The minimum absolute atomic E-state index is 0.0159. The number of carbonyl (C=O) groups excluding carboxylic acids is 2. The van der Waals surface area contributed by atoms with Gasteiger partial charge in [0.15, 0.2) is 0 Å². The van der Waals surface area contributed by atoms with Gasteiger partial charge in [0, 0.05) is 28.5 Å². The van der Waals surface area contributed by atoms with Crippen molar-refractivity contribution in [2.45, 2.75) is 30.7 Å². The van der Waals surface area contributed by atoms with Gasteiger partial charge in [-0.25, -0.2) is 8.42 Å². The third-order valence-corrected chi connectivity index (χ3v) is 6.73. The van der Waals surface area contributed by atoms with Gasteiger partial charge in [-0.15, -0.1) is 0 Å². The van der Waals surface area contributed by atoms with Crippen LogP contribution < -0.4 is 20.1 Å². The molecule has 3 N–H and O–H groups in total. The molecule has 1 aliphatic carbocycles. The third kappa shape index (κ3) is 5.20. The maximum Gasteiger partial charge on any atom is 0.261 e. The maximum absolute atomic E-state index is 13.4. The lowest BCUT2D eigenvalue weighted by atomic mass is 10.1. The number of nitrogens with zero attached hydrogens (tertiary/aromatic N) is 1. The van der Waals surface area contributed by atoms with E-state index in [2.05, 4.69) is 4.72 Å². The van der Waals surface area contributed by atoms with Crippen molar-refractivity contribution in [2.75, 3.05) is 16.2 Å². The van der Waals surface area contributed by atoms with Gasteiger partial charge in [0.05, 0.1) is 11.5 Å². The van der Waals surface area contributed by atoms with E-state index in [1.807, 2.05) is 6.92 Å². The molecule has 1 aliphatic rings. The molecule has 34 heavy (non-hydrogen) atoms. The Morgan fingerprint density at radius 3 is 2.32 bits per heavy atom. The Kier molecular flexibility index (Phi) is 6.56. The van der Waals surface area contributed by atoms with Crippen LogP contribution in [0.4, 0.5) is 11.4 Å². The van der Waals surface area contributed by atoms with Gasteiger partial charge in [0.1, 0.15) is 5.75 Å². The summed E-state index contributed by atoms with van der Waals surface area (Å²) in [6.45, 7) is 2.38. The first-order chi connectivity index (χ1) is 16.3. The summed E-state index contributed by atoms with van der Waals surface area (Å²) in [5.74, 6) is -0.292. The topological polar surface area (TPSA) is 119 Å². The Bertz CT molecular complexity index is 1320. The molecule has 0 radical (unpaired) electrons. The zero-order valence-corrected chi connectivity index (χ0v) is 19.4. The lowest BCUT2D eigenvalue weighted by Crippen LogP contribution is -2.33. The summed E-state index contributed by atoms with van der Waals surface area (Å²) < 4.78 is 33.9. The van der Waals surface area contributed by atoms with Crippen molar-refractivity contribution < 1.29 is 22.7 Å². The Morgan fingerprint density at radius 1 is 1.00 bits per heavy atom. The Labute approximate surface area is 198 Å². The van der Waals surface area contributed by atoms with Crippen molar-refractivity contribution in [1.29, 1.82) is 0 Å². The zero-order valence-electron chi connectivity index (χ0n) is 18.6. The molecule has 0 spiro atoms. The van der Waals surface area contributed by atoms with Gasteiger partial charge in [-0.1, -0.05) is 12.1 Å². The van der Waals surface area contributed by atoms with Crippen LogP contribution in [0, 0.1) is 0 Å². The molecule has 8 nitrogen and oxygen atoms in total. The molecule has 0 bridgehead atoms. The fourth-order valence-electron chi connectivity index (χ4n) is 3.57. The van der Waals surface area contributed by atoms with Crippen molar-refractivity contribution in [3.8, 4) is 5.75 Å². The van der Waals surface area contributed by atoms with Gasteiger partial charge in [0.25, 0.3) is 15.9 Å². The van der Waals surface area contributed by atoms with Gasteiger partial charge >= 0.3 is 0 Å². The SMILES string of the molecule is CCOc1ccc(NS(=O)(=O)c2cccc(C(=O)N(c3cccc(C(N)=O)c3)C3CC3)c2)cc1. The van der Waals surface area contributed by atoms with Crippen molar-refractivity contribution in [2.24, 2.45) is 5.73 Å². The highest BCUT2D eigenvalue weighted by Gasteiger charge is 2.35. The normalized spacial score (nSPS) is 13.2. The van der Waals surface area contributed by atoms with Crippen LogP contribution in [0.5, 0.6) is 5.75 Å². The van der Waals surface area contributed by atoms with E-state index in [0.29, 0.717) is 29.3 Å². The van der Waals surface area contributed by atoms with Gasteiger partial charge in [0.2, 0.25) is 5.91 Å². The van der Waals surface area contributed by atoms with Gasteiger partial charge < -0.3 is 15.4 Å². The monoisotopic (exact) mass is 479 g/mol. The van der Waals surface area contributed by atoms with E-state index in [1.54, 1.807) is 59.5 Å². The highest BCUT2D eigenvalue weighted by molar-refractivity contribution is 7.92. The van der Waals surface area contributed by atoms with E-state index in [1.165, 1.54) is 18.2 Å². The van der Waals surface area contributed by atoms with Gasteiger partial charge in [-0.3, -0.25) is 14.3 Å². The number of hydrogen-bond donors (Lipinski definition) is 2. The van der Waals surface area contributed by atoms with Crippen LogP contribution in [0.15, 0.2) is 77.7 Å². The number of nitrogens with one attached hydrogen (secondary N) is 1. The summed E-state index contributed by atoms with van der Waals surface area (Å²) in [4.78, 5) is 26.6. The molecule has 9 heteroatoms. The van der Waals surface area contributed by atoms with E-state index in [0.717, 1.165) is 12.8 Å². The first kappa shape index (κ1) is 23.3. The van der Waals surface area contributed by atoms with Crippen molar-refractivity contribution >= 4 is 33.2 Å². The number of benzene rings is 3. The smallest absolute Gasteiger partial charge is 0.261 e. The summed E-state index contributed by atoms with van der Waals surface area (Å²) in [5, 5.41) is 0. The number of anilines is 2. The van der Waals surface area contributed by atoms with Crippen LogP contribution in [0.25, 0.3) is 0 Å². The van der Waals surface area contributed by atoms with E-state index >= 15 is 0 Å². The molecule has 1 fully saturated rings. The number of carbonyl (C=O) groups is 2. The zero-order chi connectivity index (χ0) is 24.3. The van der Waals surface area contributed by atoms with Crippen molar-refractivity contribution in [3.05, 3.63) is 83.9 Å². The summed E-state index contributed by atoms with van der Waals surface area (Å²) in [6.07, 6.45) is 1.65. The maximum atomic E-state index is 13.4. The highest BCUT2D eigenvalue weighted by atomic mass is 32.2. The molecule has 0 aromatic heterocycles. The number of amides is 2. The predicted octanol–water partition coefficient (Wildman–Crippen LogP) is 3.79. The van der Waals surface area contributed by atoms with Crippen LogP contribution in [0.1, 0.15) is 40.5 Å². The molecule has 3 aromatic carbocycles. The summed E-state index contributed by atoms with van der Waals surface area (Å²) in [6, 6.07) is 19.0. The van der Waals surface area contributed by atoms with Crippen LogP contribution in [-0.4, -0.2) is 32.9 Å². The van der Waals surface area contributed by atoms with Crippen LogP contribution in [0.2, 0.25) is 0 Å². The predicted molar refractivity (Wildman–Crippen MR) is 130 cm³/mol. The minimum Gasteiger partial charge on any atom is -0.494 e. The fourth-order valence-corrected chi connectivity index (χ4v) is 4.68. The minimum atomic E-state index is -3.93. The lowest BCUT2D eigenvalue weighted by Gasteiger charge is -2.23.